The van der Waals surface area contributed by atoms with E-state index in [-0.39, 0.29) is 26.4 Å². The van der Waals surface area contributed by atoms with Crippen LogP contribution in [0.3, 0.4) is 0 Å². The Hall–Kier alpha value is -4.94. The van der Waals surface area contributed by atoms with Gasteiger partial charge >= 0.3 is 18.0 Å². The maximum atomic E-state index is 13.1. The third-order valence-electron chi connectivity index (χ3n) is 7.88. The number of azide groups is 1. The van der Waals surface area contributed by atoms with E-state index < -0.39 is 48.7 Å². The lowest BCUT2D eigenvalue weighted by Crippen LogP contribution is -2.60. The van der Waals surface area contributed by atoms with E-state index in [1.54, 1.807) is 4.90 Å². The van der Waals surface area contributed by atoms with E-state index in [9.17, 15) is 19.9 Å². The lowest BCUT2D eigenvalue weighted by atomic mass is 9.96. The second-order valence-electron chi connectivity index (χ2n) is 11.8. The average molecular weight is 689 g/mol. The van der Waals surface area contributed by atoms with Crippen molar-refractivity contribution in [1.82, 2.24) is 4.90 Å². The van der Waals surface area contributed by atoms with Crippen LogP contribution < -0.4 is 0 Å². The van der Waals surface area contributed by atoms with Crippen LogP contribution in [0.2, 0.25) is 0 Å². The lowest BCUT2D eigenvalue weighted by molar-refractivity contribution is -0.275. The highest BCUT2D eigenvalue weighted by Crippen LogP contribution is 2.30. The van der Waals surface area contributed by atoms with Gasteiger partial charge in [-0.1, -0.05) is 96.1 Å². The van der Waals surface area contributed by atoms with Crippen molar-refractivity contribution in [3.05, 3.63) is 118 Å². The van der Waals surface area contributed by atoms with E-state index >= 15 is 0 Å². The van der Waals surface area contributed by atoms with Crippen LogP contribution in [0.15, 0.2) is 96.1 Å². The number of unbranched alkanes of at least 4 members (excludes halogenated alkanes) is 2. The van der Waals surface area contributed by atoms with Crippen LogP contribution in [0.25, 0.3) is 10.4 Å². The summed E-state index contributed by atoms with van der Waals surface area (Å²) in [6.07, 6.45) is -2.33. The van der Waals surface area contributed by atoms with Crippen LogP contribution in [0.1, 0.15) is 49.8 Å². The number of esters is 2. The van der Waals surface area contributed by atoms with Crippen LogP contribution in [0, 0.1) is 0 Å². The van der Waals surface area contributed by atoms with Crippen molar-refractivity contribution in [2.45, 2.75) is 83.5 Å². The maximum Gasteiger partial charge on any atom is 0.410 e. The number of carbonyl (C=O) groups excluding carboxylic acids is 3. The number of rotatable bonds is 18. The van der Waals surface area contributed by atoms with Crippen LogP contribution in [0.4, 0.5) is 4.79 Å². The highest BCUT2D eigenvalue weighted by atomic mass is 16.7. The van der Waals surface area contributed by atoms with Gasteiger partial charge in [-0.05, 0) is 41.5 Å². The van der Waals surface area contributed by atoms with Crippen LogP contribution >= 0.6 is 0 Å². The molecule has 5 atom stereocenters. The lowest BCUT2D eigenvalue weighted by Gasteiger charge is -2.44. The van der Waals surface area contributed by atoms with Gasteiger partial charge < -0.3 is 33.3 Å². The van der Waals surface area contributed by atoms with Gasteiger partial charge in [0.15, 0.2) is 0 Å². The summed E-state index contributed by atoms with van der Waals surface area (Å²) in [5.74, 6) is -1.18. The van der Waals surface area contributed by atoms with Crippen molar-refractivity contribution in [2.75, 3.05) is 19.8 Å². The SMILES string of the molecule is CC(=O)OCC1O[C@@H](OC(C)=O)C(N=[N+]=[N-])C(OCc2ccccc2)[C@@H]1OCCCCCN(Cc1ccccc1)C(=O)OCc1ccccc1. The predicted octanol–water partition coefficient (Wildman–Crippen LogP) is 6.50. The summed E-state index contributed by atoms with van der Waals surface area (Å²) in [7, 11) is 0. The molecule has 1 fully saturated rings. The van der Waals surface area contributed by atoms with E-state index in [2.05, 4.69) is 10.0 Å². The fraction of sp³-hybridized carbons (Fsp3) is 0.432. The van der Waals surface area contributed by atoms with Crippen LogP contribution in [-0.2, 0) is 57.8 Å². The molecule has 266 valence electrons. The number of benzene rings is 3. The first kappa shape index (κ1) is 37.9. The van der Waals surface area contributed by atoms with Gasteiger partial charge in [-0.3, -0.25) is 9.59 Å². The first-order valence-corrected chi connectivity index (χ1v) is 16.6. The minimum atomic E-state index is -1.29. The van der Waals surface area contributed by atoms with Crippen molar-refractivity contribution in [3.63, 3.8) is 0 Å². The molecule has 1 aliphatic rings. The Labute approximate surface area is 292 Å². The Balaban J connectivity index is 1.40. The summed E-state index contributed by atoms with van der Waals surface area (Å²) < 4.78 is 34.9. The van der Waals surface area contributed by atoms with Gasteiger partial charge in [-0.2, -0.15) is 0 Å². The normalized spacial score (nSPS) is 19.8. The smallest absolute Gasteiger partial charge is 0.410 e. The van der Waals surface area contributed by atoms with E-state index in [4.69, 9.17) is 28.4 Å². The third kappa shape index (κ3) is 12.5. The van der Waals surface area contributed by atoms with Crippen LogP contribution in [-0.4, -0.2) is 73.3 Å². The monoisotopic (exact) mass is 688 g/mol. The molecule has 1 heterocycles. The topological polar surface area (TPSA) is 159 Å². The zero-order chi connectivity index (χ0) is 35.6. The average Bonchev–Trinajstić information content (AvgIpc) is 3.12. The standard InChI is InChI=1S/C37H44N4O9/c1-27(42)46-26-32-34(35(47-24-30-17-9-4-10-18-30)33(39-40-38)36(50-32)49-28(2)43)45-22-14-6-13-21-41(23-29-15-7-3-8-16-29)37(44)48-25-31-19-11-5-12-20-31/h3-5,7-12,15-20,32-36H,6,13-14,21-26H2,1-2H3/t32?,33?,34-,35?,36-/m1/s1. The summed E-state index contributed by atoms with van der Waals surface area (Å²) in [6.45, 7) is 3.74. The van der Waals surface area contributed by atoms with E-state index in [1.165, 1.54) is 13.8 Å². The number of amides is 1. The molecule has 0 aromatic heterocycles. The molecule has 0 bridgehead atoms. The number of hydrogen-bond donors (Lipinski definition) is 0. The third-order valence-corrected chi connectivity index (χ3v) is 7.88. The van der Waals surface area contributed by atoms with Crippen molar-refractivity contribution >= 4 is 18.0 Å². The summed E-state index contributed by atoms with van der Waals surface area (Å²) >= 11 is 0. The highest BCUT2D eigenvalue weighted by molar-refractivity contribution is 5.67. The minimum Gasteiger partial charge on any atom is -0.463 e. The Morgan fingerprint density at radius 1 is 0.760 bits per heavy atom. The molecule has 1 aliphatic heterocycles. The van der Waals surface area contributed by atoms with Gasteiger partial charge in [0, 0.05) is 38.5 Å². The first-order chi connectivity index (χ1) is 24.3. The summed E-state index contributed by atoms with van der Waals surface area (Å²) in [6, 6.07) is 27.6. The number of carbonyl (C=O) groups is 3. The quantitative estimate of drug-likeness (QED) is 0.0363. The first-order valence-electron chi connectivity index (χ1n) is 16.6. The van der Waals surface area contributed by atoms with Gasteiger partial charge in [0.2, 0.25) is 6.29 Å². The molecule has 0 spiro atoms. The molecule has 13 nitrogen and oxygen atoms in total. The molecular formula is C37H44N4O9. The molecule has 3 aromatic rings. The van der Waals surface area contributed by atoms with Crippen LogP contribution in [0.5, 0.6) is 0 Å². The number of hydrogen-bond acceptors (Lipinski definition) is 10. The van der Waals surface area contributed by atoms with Gasteiger partial charge in [0.1, 0.15) is 37.6 Å². The molecule has 0 radical (unpaired) electrons. The maximum absolute atomic E-state index is 13.1. The second kappa shape index (κ2) is 20.5. The molecule has 0 saturated carbocycles. The molecule has 0 N–H and O–H groups in total. The van der Waals surface area contributed by atoms with Crippen molar-refractivity contribution in [3.8, 4) is 0 Å². The molecule has 1 amide bonds. The Kier molecular flexibility index (Phi) is 15.6. The summed E-state index contributed by atoms with van der Waals surface area (Å²) in [5, 5.41) is 3.87. The fourth-order valence-electron chi connectivity index (χ4n) is 5.48. The minimum absolute atomic E-state index is 0.146. The molecular weight excluding hydrogens is 644 g/mol. The van der Waals surface area contributed by atoms with Gasteiger partial charge in [0.05, 0.1) is 6.61 Å². The molecule has 1 saturated heterocycles. The van der Waals surface area contributed by atoms with Crippen molar-refractivity contribution in [2.24, 2.45) is 5.11 Å². The Bertz CT molecular complexity index is 1520. The number of ether oxygens (including phenoxy) is 6. The Morgan fingerprint density at radius 2 is 1.38 bits per heavy atom. The predicted molar refractivity (Wildman–Crippen MR) is 182 cm³/mol. The van der Waals surface area contributed by atoms with Gasteiger partial charge in [0.25, 0.3) is 0 Å². The molecule has 50 heavy (non-hydrogen) atoms. The zero-order valence-electron chi connectivity index (χ0n) is 28.4. The zero-order valence-corrected chi connectivity index (χ0v) is 28.4. The summed E-state index contributed by atoms with van der Waals surface area (Å²) in [5.41, 5.74) is 12.2. The summed E-state index contributed by atoms with van der Waals surface area (Å²) in [4.78, 5) is 41.4. The molecule has 4 rings (SSSR count). The second-order valence-corrected chi connectivity index (χ2v) is 11.8. The largest absolute Gasteiger partial charge is 0.463 e. The fourth-order valence-corrected chi connectivity index (χ4v) is 5.48. The van der Waals surface area contributed by atoms with E-state index in [0.29, 0.717) is 32.4 Å². The van der Waals surface area contributed by atoms with Crippen molar-refractivity contribution in [1.29, 1.82) is 0 Å². The Morgan fingerprint density at radius 3 is 1.98 bits per heavy atom. The van der Waals surface area contributed by atoms with E-state index in [1.807, 2.05) is 91.0 Å². The van der Waals surface area contributed by atoms with Gasteiger partial charge in [-0.25, -0.2) is 4.79 Å². The van der Waals surface area contributed by atoms with Crippen molar-refractivity contribution < 1.29 is 42.8 Å². The number of nitrogens with zero attached hydrogens (tertiary/aromatic N) is 4. The molecule has 0 aliphatic carbocycles. The highest BCUT2D eigenvalue weighted by Gasteiger charge is 2.49. The van der Waals surface area contributed by atoms with E-state index in [0.717, 1.165) is 16.7 Å². The molecule has 13 heteroatoms. The molecule has 3 aromatic carbocycles. The molecule has 3 unspecified atom stereocenters. The van der Waals surface area contributed by atoms with Gasteiger partial charge in [-0.15, -0.1) is 0 Å².